The first-order chi connectivity index (χ1) is 8.05. The van der Waals surface area contributed by atoms with E-state index < -0.39 is 0 Å². The summed E-state index contributed by atoms with van der Waals surface area (Å²) in [4.78, 5) is 8.07. The van der Waals surface area contributed by atoms with Crippen LogP contribution in [0.5, 0.6) is 5.88 Å². The molecule has 0 aliphatic rings. The molecule has 2 atom stereocenters. The van der Waals surface area contributed by atoms with Gasteiger partial charge in [0.25, 0.3) is 0 Å². The molecule has 96 valence electrons. The molecule has 17 heavy (non-hydrogen) atoms. The average molecular weight is 238 g/mol. The first-order valence-electron chi connectivity index (χ1n) is 6.00. The molecule has 1 heterocycles. The van der Waals surface area contributed by atoms with Crippen molar-refractivity contribution in [3.8, 4) is 5.88 Å². The molecular formula is C12H22N4O. The zero-order valence-corrected chi connectivity index (χ0v) is 11.0. The minimum absolute atomic E-state index is 0.225. The van der Waals surface area contributed by atoms with Crippen molar-refractivity contribution in [1.82, 2.24) is 9.97 Å². The van der Waals surface area contributed by atoms with Gasteiger partial charge in [-0.15, -0.1) is 0 Å². The summed E-state index contributed by atoms with van der Waals surface area (Å²) in [6, 6.07) is 2.10. The van der Waals surface area contributed by atoms with Crippen LogP contribution in [0.2, 0.25) is 0 Å². The maximum Gasteiger partial charge on any atom is 0.225 e. The SMILES string of the molecule is CCC(C)CC(C)Nc1cc(OC)nc(N)n1. The molecule has 0 saturated heterocycles. The number of nitrogens with two attached hydrogens (primary N) is 1. The van der Waals surface area contributed by atoms with Gasteiger partial charge in [0.1, 0.15) is 5.82 Å². The van der Waals surface area contributed by atoms with Gasteiger partial charge in [0, 0.05) is 12.1 Å². The Morgan fingerprint density at radius 1 is 1.41 bits per heavy atom. The van der Waals surface area contributed by atoms with Gasteiger partial charge in [-0.2, -0.15) is 9.97 Å². The van der Waals surface area contributed by atoms with E-state index >= 15 is 0 Å². The van der Waals surface area contributed by atoms with Crippen LogP contribution >= 0.6 is 0 Å². The van der Waals surface area contributed by atoms with Gasteiger partial charge in [-0.05, 0) is 19.3 Å². The fraction of sp³-hybridized carbons (Fsp3) is 0.667. The monoisotopic (exact) mass is 238 g/mol. The second-order valence-corrected chi connectivity index (χ2v) is 4.45. The molecule has 0 aliphatic heterocycles. The number of aromatic nitrogens is 2. The molecule has 1 aromatic rings. The largest absolute Gasteiger partial charge is 0.481 e. The fourth-order valence-corrected chi connectivity index (χ4v) is 1.70. The van der Waals surface area contributed by atoms with Crippen LogP contribution < -0.4 is 15.8 Å². The lowest BCUT2D eigenvalue weighted by molar-refractivity contribution is 0.398. The van der Waals surface area contributed by atoms with Crippen LogP contribution in [0.1, 0.15) is 33.6 Å². The summed E-state index contributed by atoms with van der Waals surface area (Å²) in [5, 5.41) is 3.31. The smallest absolute Gasteiger partial charge is 0.225 e. The highest BCUT2D eigenvalue weighted by atomic mass is 16.5. The normalized spacial score (nSPS) is 14.1. The highest BCUT2D eigenvalue weighted by molar-refractivity contribution is 5.43. The molecule has 0 spiro atoms. The number of rotatable bonds is 6. The molecule has 0 bridgehead atoms. The molecule has 5 nitrogen and oxygen atoms in total. The summed E-state index contributed by atoms with van der Waals surface area (Å²) in [5.41, 5.74) is 5.60. The molecule has 0 radical (unpaired) electrons. The van der Waals surface area contributed by atoms with E-state index in [0.29, 0.717) is 23.7 Å². The number of hydrogen-bond donors (Lipinski definition) is 2. The minimum Gasteiger partial charge on any atom is -0.481 e. The van der Waals surface area contributed by atoms with Gasteiger partial charge < -0.3 is 15.8 Å². The Balaban J connectivity index is 2.64. The van der Waals surface area contributed by atoms with E-state index in [9.17, 15) is 0 Å². The van der Waals surface area contributed by atoms with Gasteiger partial charge in [-0.3, -0.25) is 0 Å². The van der Waals surface area contributed by atoms with Gasteiger partial charge in [-0.1, -0.05) is 20.3 Å². The first kappa shape index (κ1) is 13.5. The van der Waals surface area contributed by atoms with Gasteiger partial charge >= 0.3 is 0 Å². The Morgan fingerprint density at radius 2 is 2.12 bits per heavy atom. The molecule has 0 amide bonds. The van der Waals surface area contributed by atoms with E-state index in [1.54, 1.807) is 13.2 Å². The molecule has 0 aromatic carbocycles. The third-order valence-electron chi connectivity index (χ3n) is 2.78. The Hall–Kier alpha value is -1.52. The van der Waals surface area contributed by atoms with Gasteiger partial charge in [-0.25, -0.2) is 0 Å². The second kappa shape index (κ2) is 6.27. The van der Waals surface area contributed by atoms with E-state index in [-0.39, 0.29) is 5.95 Å². The van der Waals surface area contributed by atoms with Crippen LogP contribution in [0.4, 0.5) is 11.8 Å². The number of methoxy groups -OCH3 is 1. The van der Waals surface area contributed by atoms with Gasteiger partial charge in [0.15, 0.2) is 0 Å². The predicted molar refractivity (Wildman–Crippen MR) is 70.2 cm³/mol. The lowest BCUT2D eigenvalue weighted by Gasteiger charge is -2.18. The molecule has 2 unspecified atom stereocenters. The lowest BCUT2D eigenvalue weighted by atomic mass is 10.0. The van der Waals surface area contributed by atoms with Gasteiger partial charge in [0.2, 0.25) is 11.8 Å². The third-order valence-corrected chi connectivity index (χ3v) is 2.78. The topological polar surface area (TPSA) is 73.1 Å². The van der Waals surface area contributed by atoms with Crippen LogP contribution in [0.3, 0.4) is 0 Å². The van der Waals surface area contributed by atoms with Crippen LogP contribution in [0.25, 0.3) is 0 Å². The van der Waals surface area contributed by atoms with E-state index in [1.807, 2.05) is 0 Å². The van der Waals surface area contributed by atoms with E-state index in [1.165, 1.54) is 6.42 Å². The number of ether oxygens (including phenoxy) is 1. The molecule has 0 aliphatic carbocycles. The summed E-state index contributed by atoms with van der Waals surface area (Å²) in [6.45, 7) is 6.58. The maximum absolute atomic E-state index is 5.60. The van der Waals surface area contributed by atoms with E-state index in [0.717, 1.165) is 6.42 Å². The van der Waals surface area contributed by atoms with Crippen LogP contribution in [0.15, 0.2) is 6.07 Å². The number of hydrogen-bond acceptors (Lipinski definition) is 5. The Bertz CT molecular complexity index is 356. The van der Waals surface area contributed by atoms with Crippen molar-refractivity contribution in [2.24, 2.45) is 5.92 Å². The van der Waals surface area contributed by atoms with E-state index in [2.05, 4.69) is 36.1 Å². The van der Waals surface area contributed by atoms with Crippen LogP contribution in [0, 0.1) is 5.92 Å². The Morgan fingerprint density at radius 3 is 2.71 bits per heavy atom. The highest BCUT2D eigenvalue weighted by Crippen LogP contribution is 2.17. The first-order valence-corrected chi connectivity index (χ1v) is 6.00. The van der Waals surface area contributed by atoms with Crippen molar-refractivity contribution < 1.29 is 4.74 Å². The molecule has 5 heteroatoms. The van der Waals surface area contributed by atoms with E-state index in [4.69, 9.17) is 10.5 Å². The Labute approximate surface area is 103 Å². The average Bonchev–Trinajstić information content (AvgIpc) is 2.27. The van der Waals surface area contributed by atoms with Crippen molar-refractivity contribution in [1.29, 1.82) is 0 Å². The van der Waals surface area contributed by atoms with Gasteiger partial charge in [0.05, 0.1) is 7.11 Å². The number of nitrogen functional groups attached to an aromatic ring is 1. The highest BCUT2D eigenvalue weighted by Gasteiger charge is 2.09. The summed E-state index contributed by atoms with van der Waals surface area (Å²) in [5.74, 6) is 2.11. The molecule has 0 fully saturated rings. The number of nitrogens with one attached hydrogen (secondary N) is 1. The van der Waals surface area contributed by atoms with Crippen molar-refractivity contribution in [2.75, 3.05) is 18.2 Å². The lowest BCUT2D eigenvalue weighted by Crippen LogP contribution is -2.19. The third kappa shape index (κ3) is 4.46. The van der Waals surface area contributed by atoms with Crippen LogP contribution in [-0.4, -0.2) is 23.1 Å². The number of nitrogens with zero attached hydrogens (tertiary/aromatic N) is 2. The van der Waals surface area contributed by atoms with Crippen LogP contribution in [-0.2, 0) is 0 Å². The molecule has 3 N–H and O–H groups in total. The van der Waals surface area contributed by atoms with Crippen molar-refractivity contribution in [3.05, 3.63) is 6.07 Å². The molecule has 1 aromatic heterocycles. The Kier molecular flexibility index (Phi) is 5.00. The number of anilines is 2. The second-order valence-electron chi connectivity index (χ2n) is 4.45. The maximum atomic E-state index is 5.60. The summed E-state index contributed by atoms with van der Waals surface area (Å²) >= 11 is 0. The van der Waals surface area contributed by atoms with Crippen molar-refractivity contribution >= 4 is 11.8 Å². The summed E-state index contributed by atoms with van der Waals surface area (Å²) in [7, 11) is 1.56. The zero-order chi connectivity index (χ0) is 12.8. The minimum atomic E-state index is 0.225. The summed E-state index contributed by atoms with van der Waals surface area (Å²) in [6.07, 6.45) is 2.28. The fourth-order valence-electron chi connectivity index (χ4n) is 1.70. The van der Waals surface area contributed by atoms with Crippen molar-refractivity contribution in [3.63, 3.8) is 0 Å². The van der Waals surface area contributed by atoms with Crippen molar-refractivity contribution in [2.45, 2.75) is 39.7 Å². The molecular weight excluding hydrogens is 216 g/mol. The zero-order valence-electron chi connectivity index (χ0n) is 11.0. The standard InChI is InChI=1S/C12H22N4O/c1-5-8(2)6-9(3)14-10-7-11(17-4)16-12(13)15-10/h7-9H,5-6H2,1-4H3,(H3,13,14,15,16). The summed E-state index contributed by atoms with van der Waals surface area (Å²) < 4.78 is 5.05. The quantitative estimate of drug-likeness (QED) is 0.795. The molecule has 1 rings (SSSR count). The molecule has 0 saturated carbocycles. The predicted octanol–water partition coefficient (Wildman–Crippen LogP) is 2.30.